The molecule has 0 radical (unpaired) electrons. The summed E-state index contributed by atoms with van der Waals surface area (Å²) in [7, 11) is 0. The highest BCUT2D eigenvalue weighted by Gasteiger charge is 2.31. The van der Waals surface area contributed by atoms with Crippen molar-refractivity contribution in [3.8, 4) is 11.3 Å². The minimum Gasteiger partial charge on any atom is -0.322 e. The SMILES string of the molecule is O=C(Nc1ccc(Cl)cc1)c1ccc(-c2ncc(C(F)(F)F)cc2Cl)cc1. The zero-order valence-electron chi connectivity index (χ0n) is 13.5. The van der Waals surface area contributed by atoms with Gasteiger partial charge in [0, 0.05) is 28.0 Å². The molecule has 0 aliphatic rings. The van der Waals surface area contributed by atoms with Gasteiger partial charge in [0.15, 0.2) is 0 Å². The van der Waals surface area contributed by atoms with Gasteiger partial charge in [-0.3, -0.25) is 9.78 Å². The molecule has 1 aromatic heterocycles. The molecule has 0 aliphatic heterocycles. The van der Waals surface area contributed by atoms with Gasteiger partial charge in [0.2, 0.25) is 0 Å². The van der Waals surface area contributed by atoms with Crippen LogP contribution in [0.1, 0.15) is 15.9 Å². The number of anilines is 1. The molecule has 0 fully saturated rings. The smallest absolute Gasteiger partial charge is 0.322 e. The summed E-state index contributed by atoms with van der Waals surface area (Å²) in [6, 6.07) is 13.7. The van der Waals surface area contributed by atoms with Crippen molar-refractivity contribution in [2.75, 3.05) is 5.32 Å². The third-order valence-electron chi connectivity index (χ3n) is 3.69. The molecule has 27 heavy (non-hydrogen) atoms. The van der Waals surface area contributed by atoms with Crippen molar-refractivity contribution in [1.29, 1.82) is 0 Å². The molecule has 1 heterocycles. The molecule has 0 bridgehead atoms. The van der Waals surface area contributed by atoms with Crippen molar-refractivity contribution >= 4 is 34.8 Å². The standard InChI is InChI=1S/C19H11Cl2F3N2O/c20-14-5-7-15(8-6-14)26-18(27)12-3-1-11(2-4-12)17-16(21)9-13(10-25-17)19(22,23)24/h1-10H,(H,26,27). The minimum atomic E-state index is -4.52. The molecular formula is C19H11Cl2F3N2O. The van der Waals surface area contributed by atoms with Crippen LogP contribution in [0.25, 0.3) is 11.3 Å². The van der Waals surface area contributed by atoms with Crippen molar-refractivity contribution < 1.29 is 18.0 Å². The quantitative estimate of drug-likeness (QED) is 0.548. The molecule has 0 atom stereocenters. The molecule has 0 spiro atoms. The van der Waals surface area contributed by atoms with Crippen LogP contribution in [0, 0.1) is 0 Å². The Bertz CT molecular complexity index is 972. The second kappa shape index (κ2) is 7.58. The highest BCUT2D eigenvalue weighted by molar-refractivity contribution is 6.33. The third-order valence-corrected chi connectivity index (χ3v) is 4.23. The zero-order valence-corrected chi connectivity index (χ0v) is 15.0. The number of nitrogens with zero attached hydrogens (tertiary/aromatic N) is 1. The molecule has 138 valence electrons. The van der Waals surface area contributed by atoms with E-state index < -0.39 is 11.7 Å². The Labute approximate surface area is 162 Å². The van der Waals surface area contributed by atoms with Gasteiger partial charge in [-0.15, -0.1) is 0 Å². The monoisotopic (exact) mass is 410 g/mol. The van der Waals surface area contributed by atoms with E-state index in [4.69, 9.17) is 23.2 Å². The largest absolute Gasteiger partial charge is 0.417 e. The predicted molar refractivity (Wildman–Crippen MR) is 99.1 cm³/mol. The molecular weight excluding hydrogens is 400 g/mol. The number of pyridine rings is 1. The Kier molecular flexibility index (Phi) is 5.39. The first-order valence-corrected chi connectivity index (χ1v) is 8.40. The Morgan fingerprint density at radius 2 is 1.59 bits per heavy atom. The lowest BCUT2D eigenvalue weighted by Crippen LogP contribution is -2.11. The maximum Gasteiger partial charge on any atom is 0.417 e. The van der Waals surface area contributed by atoms with E-state index in [1.165, 1.54) is 12.1 Å². The van der Waals surface area contributed by atoms with Crippen LogP contribution in [0.3, 0.4) is 0 Å². The van der Waals surface area contributed by atoms with Crippen LogP contribution in [0.15, 0.2) is 60.8 Å². The maximum atomic E-state index is 12.7. The number of rotatable bonds is 3. The lowest BCUT2D eigenvalue weighted by Gasteiger charge is -2.10. The summed E-state index contributed by atoms with van der Waals surface area (Å²) >= 11 is 11.7. The van der Waals surface area contributed by atoms with Crippen molar-refractivity contribution in [3.63, 3.8) is 0 Å². The summed E-state index contributed by atoms with van der Waals surface area (Å²) in [6.45, 7) is 0. The molecule has 1 amide bonds. The van der Waals surface area contributed by atoms with E-state index >= 15 is 0 Å². The summed E-state index contributed by atoms with van der Waals surface area (Å²) in [5, 5.41) is 3.15. The van der Waals surface area contributed by atoms with Crippen LogP contribution in [-0.4, -0.2) is 10.9 Å². The normalized spacial score (nSPS) is 11.3. The van der Waals surface area contributed by atoms with Gasteiger partial charge in [-0.25, -0.2) is 0 Å². The van der Waals surface area contributed by atoms with E-state index in [-0.39, 0.29) is 16.6 Å². The maximum absolute atomic E-state index is 12.7. The first kappa shape index (κ1) is 19.2. The summed E-state index contributed by atoms with van der Waals surface area (Å²) in [4.78, 5) is 16.1. The second-order valence-corrected chi connectivity index (χ2v) is 6.43. The number of aromatic nitrogens is 1. The van der Waals surface area contributed by atoms with Crippen LogP contribution in [-0.2, 0) is 6.18 Å². The number of carbonyl (C=O) groups is 1. The van der Waals surface area contributed by atoms with E-state index in [9.17, 15) is 18.0 Å². The summed E-state index contributed by atoms with van der Waals surface area (Å²) < 4.78 is 38.1. The number of carbonyl (C=O) groups excluding carboxylic acids is 1. The van der Waals surface area contributed by atoms with Crippen molar-refractivity contribution in [1.82, 2.24) is 4.98 Å². The average molecular weight is 411 g/mol. The number of amides is 1. The molecule has 2 aromatic carbocycles. The van der Waals surface area contributed by atoms with Crippen LogP contribution < -0.4 is 5.32 Å². The highest BCUT2D eigenvalue weighted by atomic mass is 35.5. The molecule has 1 N–H and O–H groups in total. The summed E-state index contributed by atoms with van der Waals surface area (Å²) in [6.07, 6.45) is -3.79. The van der Waals surface area contributed by atoms with E-state index in [2.05, 4.69) is 10.3 Å². The van der Waals surface area contributed by atoms with Crippen LogP contribution in [0.4, 0.5) is 18.9 Å². The lowest BCUT2D eigenvalue weighted by atomic mass is 10.1. The minimum absolute atomic E-state index is 0.122. The van der Waals surface area contributed by atoms with E-state index in [1.54, 1.807) is 36.4 Å². The Balaban J connectivity index is 1.79. The fourth-order valence-corrected chi connectivity index (χ4v) is 2.72. The predicted octanol–water partition coefficient (Wildman–Crippen LogP) is 6.33. The zero-order chi connectivity index (χ0) is 19.6. The molecule has 0 unspecified atom stereocenters. The second-order valence-electron chi connectivity index (χ2n) is 5.59. The van der Waals surface area contributed by atoms with Gasteiger partial charge >= 0.3 is 6.18 Å². The first-order valence-electron chi connectivity index (χ1n) is 7.64. The molecule has 0 aliphatic carbocycles. The van der Waals surface area contributed by atoms with E-state index in [0.717, 1.165) is 12.3 Å². The van der Waals surface area contributed by atoms with E-state index in [0.29, 0.717) is 21.8 Å². The number of hydrogen-bond acceptors (Lipinski definition) is 2. The van der Waals surface area contributed by atoms with Gasteiger partial charge < -0.3 is 5.32 Å². The molecule has 3 nitrogen and oxygen atoms in total. The Morgan fingerprint density at radius 1 is 0.963 bits per heavy atom. The van der Waals surface area contributed by atoms with Gasteiger partial charge in [-0.2, -0.15) is 13.2 Å². The molecule has 8 heteroatoms. The fourth-order valence-electron chi connectivity index (χ4n) is 2.32. The number of nitrogens with one attached hydrogen (secondary N) is 1. The lowest BCUT2D eigenvalue weighted by molar-refractivity contribution is -0.137. The molecule has 3 rings (SSSR count). The number of hydrogen-bond donors (Lipinski definition) is 1. The summed E-state index contributed by atoms with van der Waals surface area (Å²) in [5.74, 6) is -0.338. The van der Waals surface area contributed by atoms with Gasteiger partial charge in [0.1, 0.15) is 0 Å². The van der Waals surface area contributed by atoms with Crippen LogP contribution >= 0.6 is 23.2 Å². The highest BCUT2D eigenvalue weighted by Crippen LogP contribution is 2.34. The molecule has 0 saturated heterocycles. The summed E-state index contributed by atoms with van der Waals surface area (Å²) in [5.41, 5.74) is 0.735. The first-order chi connectivity index (χ1) is 12.7. The van der Waals surface area contributed by atoms with Crippen molar-refractivity contribution in [2.24, 2.45) is 0 Å². The fraction of sp³-hybridized carbons (Fsp3) is 0.0526. The van der Waals surface area contributed by atoms with Gasteiger partial charge in [-0.05, 0) is 42.5 Å². The third kappa shape index (κ3) is 4.59. The average Bonchev–Trinajstić information content (AvgIpc) is 2.63. The topological polar surface area (TPSA) is 42.0 Å². The Morgan fingerprint density at radius 3 is 2.15 bits per heavy atom. The van der Waals surface area contributed by atoms with Crippen molar-refractivity contribution in [3.05, 3.63) is 82.0 Å². The van der Waals surface area contributed by atoms with Gasteiger partial charge in [0.05, 0.1) is 16.3 Å². The van der Waals surface area contributed by atoms with E-state index in [1.807, 2.05) is 0 Å². The number of benzene rings is 2. The van der Waals surface area contributed by atoms with Gasteiger partial charge in [-0.1, -0.05) is 35.3 Å². The van der Waals surface area contributed by atoms with Crippen molar-refractivity contribution in [2.45, 2.75) is 6.18 Å². The van der Waals surface area contributed by atoms with Crippen LogP contribution in [0.5, 0.6) is 0 Å². The number of halogens is 5. The molecule has 0 saturated carbocycles. The molecule has 3 aromatic rings. The van der Waals surface area contributed by atoms with Gasteiger partial charge in [0.25, 0.3) is 5.91 Å². The Hall–Kier alpha value is -2.57. The van der Waals surface area contributed by atoms with Crippen LogP contribution in [0.2, 0.25) is 10.0 Å². The number of alkyl halides is 3.